The number of morpholine rings is 1. The van der Waals surface area contributed by atoms with Gasteiger partial charge in [0.2, 0.25) is 5.91 Å². The first-order valence-corrected chi connectivity index (χ1v) is 7.09. The van der Waals surface area contributed by atoms with Crippen molar-refractivity contribution in [1.82, 2.24) is 4.90 Å². The molecule has 0 aromatic heterocycles. The number of hydrogen-bond acceptors (Lipinski definition) is 5. The van der Waals surface area contributed by atoms with E-state index in [0.29, 0.717) is 45.6 Å². The Kier molecular flexibility index (Phi) is 3.72. The van der Waals surface area contributed by atoms with Crippen molar-refractivity contribution in [3.8, 4) is 12.3 Å². The average Bonchev–Trinajstić information content (AvgIpc) is 3.23. The van der Waals surface area contributed by atoms with Gasteiger partial charge in [0.1, 0.15) is 0 Å². The van der Waals surface area contributed by atoms with Crippen molar-refractivity contribution in [2.75, 3.05) is 26.3 Å². The molecule has 3 aliphatic heterocycles. The van der Waals surface area contributed by atoms with Crippen LogP contribution >= 0.6 is 0 Å². The lowest BCUT2D eigenvalue weighted by atomic mass is 10.0. The summed E-state index contributed by atoms with van der Waals surface area (Å²) in [5, 5.41) is 8.12. The van der Waals surface area contributed by atoms with Crippen LogP contribution in [0, 0.1) is 12.3 Å². The third-order valence-electron chi connectivity index (χ3n) is 3.98. The Balaban J connectivity index is 1.46. The number of nitrogens with zero attached hydrogens (tertiary/aromatic N) is 3. The zero-order chi connectivity index (χ0) is 14.0. The van der Waals surface area contributed by atoms with Gasteiger partial charge in [-0.25, -0.2) is 0 Å². The quantitative estimate of drug-likeness (QED) is 0.703. The van der Waals surface area contributed by atoms with Crippen molar-refractivity contribution < 1.29 is 14.3 Å². The topological polar surface area (TPSA) is 63.5 Å². The maximum Gasteiger partial charge on any atom is 0.222 e. The molecule has 0 radical (unpaired) electrons. The predicted molar refractivity (Wildman–Crippen MR) is 70.9 cm³/mol. The molecule has 2 bridgehead atoms. The highest BCUT2D eigenvalue weighted by Crippen LogP contribution is 2.37. The summed E-state index contributed by atoms with van der Waals surface area (Å²) in [7, 11) is 0. The molecule has 20 heavy (non-hydrogen) atoms. The molecular formula is C14H19N3O3. The minimum Gasteiger partial charge on any atom is -0.376 e. The normalized spacial score (nSPS) is 29.9. The highest BCUT2D eigenvalue weighted by Gasteiger charge is 2.40. The van der Waals surface area contributed by atoms with Gasteiger partial charge in [0, 0.05) is 38.8 Å². The fourth-order valence-corrected chi connectivity index (χ4v) is 2.78. The number of amides is 1. The van der Waals surface area contributed by atoms with Gasteiger partial charge in [-0.05, 0) is 0 Å². The number of terminal acetylenes is 1. The standard InChI is InChI=1S/C14H19N3O3/c1-2-3-5-14(15-16-14)6-4-13(18)17-7-11-9-19-10-12(8-17)20-11/h1,11-12H,3-10H2. The van der Waals surface area contributed by atoms with E-state index in [4.69, 9.17) is 15.9 Å². The van der Waals surface area contributed by atoms with E-state index in [1.807, 2.05) is 4.90 Å². The smallest absolute Gasteiger partial charge is 0.222 e. The minimum absolute atomic E-state index is 0.0251. The maximum absolute atomic E-state index is 12.3. The van der Waals surface area contributed by atoms with Crippen molar-refractivity contribution in [1.29, 1.82) is 0 Å². The summed E-state index contributed by atoms with van der Waals surface area (Å²) >= 11 is 0. The van der Waals surface area contributed by atoms with Gasteiger partial charge in [-0.1, -0.05) is 0 Å². The molecule has 0 N–H and O–H groups in total. The number of carbonyl (C=O) groups is 1. The van der Waals surface area contributed by atoms with Crippen molar-refractivity contribution in [2.45, 2.75) is 43.6 Å². The van der Waals surface area contributed by atoms with Gasteiger partial charge in [0.25, 0.3) is 0 Å². The molecule has 0 spiro atoms. The molecule has 2 saturated heterocycles. The summed E-state index contributed by atoms with van der Waals surface area (Å²) in [6.07, 6.45) is 7.84. The van der Waals surface area contributed by atoms with Crippen LogP contribution in [0.15, 0.2) is 10.2 Å². The van der Waals surface area contributed by atoms with Gasteiger partial charge >= 0.3 is 0 Å². The van der Waals surface area contributed by atoms with Gasteiger partial charge in [-0.3, -0.25) is 4.79 Å². The van der Waals surface area contributed by atoms with Gasteiger partial charge in [0.15, 0.2) is 5.66 Å². The van der Waals surface area contributed by atoms with E-state index in [1.165, 1.54) is 0 Å². The molecule has 6 nitrogen and oxygen atoms in total. The Labute approximate surface area is 118 Å². The maximum atomic E-state index is 12.3. The van der Waals surface area contributed by atoms with Crippen LogP contribution < -0.4 is 0 Å². The van der Waals surface area contributed by atoms with Crippen molar-refractivity contribution in [2.24, 2.45) is 10.2 Å². The monoisotopic (exact) mass is 277 g/mol. The summed E-state index contributed by atoms with van der Waals surface area (Å²) in [5.41, 5.74) is -0.368. The second-order valence-corrected chi connectivity index (χ2v) is 5.60. The van der Waals surface area contributed by atoms with Crippen LogP contribution in [0.5, 0.6) is 0 Å². The van der Waals surface area contributed by atoms with Crippen LogP contribution in [-0.4, -0.2) is 55.0 Å². The zero-order valence-corrected chi connectivity index (χ0v) is 11.5. The van der Waals surface area contributed by atoms with Crippen LogP contribution in [0.4, 0.5) is 0 Å². The SMILES string of the molecule is C#CCCC1(CCC(=O)N2CC3COCC(C2)O3)N=N1. The fraction of sp³-hybridized carbons (Fsp3) is 0.786. The molecule has 0 aliphatic carbocycles. The fourth-order valence-electron chi connectivity index (χ4n) is 2.78. The van der Waals surface area contributed by atoms with Crippen molar-refractivity contribution in [3.05, 3.63) is 0 Å². The van der Waals surface area contributed by atoms with Crippen LogP contribution in [-0.2, 0) is 14.3 Å². The first kappa shape index (κ1) is 13.5. The second-order valence-electron chi connectivity index (χ2n) is 5.60. The molecule has 2 atom stereocenters. The van der Waals surface area contributed by atoms with E-state index in [2.05, 4.69) is 16.1 Å². The average molecular weight is 277 g/mol. The number of fused-ring (bicyclic) bond motifs is 2. The lowest BCUT2D eigenvalue weighted by molar-refractivity contribution is -0.185. The van der Waals surface area contributed by atoms with Crippen LogP contribution in [0.3, 0.4) is 0 Å². The Morgan fingerprint density at radius 2 is 2.00 bits per heavy atom. The first-order valence-electron chi connectivity index (χ1n) is 7.09. The van der Waals surface area contributed by atoms with E-state index < -0.39 is 0 Å². The molecule has 3 aliphatic rings. The summed E-state index contributed by atoms with van der Waals surface area (Å²) in [4.78, 5) is 14.2. The Bertz CT molecular complexity index is 439. The Hall–Kier alpha value is -1.45. The Morgan fingerprint density at radius 1 is 1.30 bits per heavy atom. The molecule has 1 amide bonds. The molecule has 0 saturated carbocycles. The van der Waals surface area contributed by atoms with E-state index in [1.54, 1.807) is 0 Å². The third-order valence-corrected chi connectivity index (χ3v) is 3.98. The summed E-state index contributed by atoms with van der Waals surface area (Å²) in [5.74, 6) is 2.75. The van der Waals surface area contributed by atoms with Gasteiger partial charge in [-0.15, -0.1) is 12.3 Å². The van der Waals surface area contributed by atoms with Crippen LogP contribution in [0.25, 0.3) is 0 Å². The van der Waals surface area contributed by atoms with Gasteiger partial charge in [0.05, 0.1) is 25.4 Å². The summed E-state index contributed by atoms with van der Waals surface area (Å²) in [6.45, 7) is 2.41. The minimum atomic E-state index is -0.368. The van der Waals surface area contributed by atoms with Crippen molar-refractivity contribution >= 4 is 5.91 Å². The van der Waals surface area contributed by atoms with E-state index >= 15 is 0 Å². The van der Waals surface area contributed by atoms with Crippen molar-refractivity contribution in [3.63, 3.8) is 0 Å². The first-order chi connectivity index (χ1) is 9.71. The molecule has 108 valence electrons. The Morgan fingerprint density at radius 3 is 2.60 bits per heavy atom. The molecular weight excluding hydrogens is 258 g/mol. The summed E-state index contributed by atoms with van der Waals surface area (Å²) < 4.78 is 11.2. The van der Waals surface area contributed by atoms with E-state index in [-0.39, 0.29) is 23.8 Å². The third kappa shape index (κ3) is 3.00. The van der Waals surface area contributed by atoms with Gasteiger partial charge in [-0.2, -0.15) is 10.2 Å². The molecule has 3 rings (SSSR count). The molecule has 3 heterocycles. The highest BCUT2D eigenvalue weighted by molar-refractivity contribution is 5.76. The number of rotatable bonds is 5. The summed E-state index contributed by atoms with van der Waals surface area (Å²) in [6, 6.07) is 0. The van der Waals surface area contributed by atoms with Crippen LogP contribution in [0.2, 0.25) is 0 Å². The lowest BCUT2D eigenvalue weighted by Gasteiger charge is -2.41. The zero-order valence-electron chi connectivity index (χ0n) is 11.5. The molecule has 0 aromatic carbocycles. The molecule has 2 fully saturated rings. The second kappa shape index (κ2) is 5.51. The van der Waals surface area contributed by atoms with E-state index in [9.17, 15) is 4.79 Å². The van der Waals surface area contributed by atoms with E-state index in [0.717, 1.165) is 6.42 Å². The van der Waals surface area contributed by atoms with Gasteiger partial charge < -0.3 is 14.4 Å². The highest BCUT2D eigenvalue weighted by atomic mass is 16.6. The van der Waals surface area contributed by atoms with Crippen LogP contribution in [0.1, 0.15) is 25.7 Å². The number of hydrogen-bond donors (Lipinski definition) is 0. The lowest BCUT2D eigenvalue weighted by Crippen LogP contribution is -2.55. The largest absolute Gasteiger partial charge is 0.376 e. The molecule has 6 heteroatoms. The predicted octanol–water partition coefficient (Wildman–Crippen LogP) is 0.968. The molecule has 2 unspecified atom stereocenters. The number of carbonyl (C=O) groups excluding carboxylic acids is 1. The molecule has 0 aromatic rings. The number of ether oxygens (including phenoxy) is 2.